The highest BCUT2D eigenvalue weighted by Gasteiger charge is 2.68. The summed E-state index contributed by atoms with van der Waals surface area (Å²) in [5.41, 5.74) is 26.6. The number of nitrogens with one attached hydrogen (secondary N) is 6. The number of anilines is 1. The molecule has 1 aliphatic heterocycles. The third kappa shape index (κ3) is 12.2. The number of hydrogen-bond acceptors (Lipinski definition) is 12. The Morgan fingerprint density at radius 1 is 0.812 bits per heavy atom. The van der Waals surface area contributed by atoms with E-state index in [4.69, 9.17) is 32.2 Å². The molecule has 2 bridgehead atoms. The van der Waals surface area contributed by atoms with Crippen molar-refractivity contribution in [2.24, 2.45) is 40.2 Å². The number of carbonyl (C=O) groups is 6. The smallest absolute Gasteiger partial charge is 0.403 e. The van der Waals surface area contributed by atoms with Gasteiger partial charge in [0.15, 0.2) is 6.17 Å². The highest BCUT2D eigenvalue weighted by Crippen LogP contribution is 2.65. The van der Waals surface area contributed by atoms with Crippen molar-refractivity contribution in [3.8, 4) is 11.1 Å². The fraction of sp³-hybridized carbons (Fsp3) is 0.591. The van der Waals surface area contributed by atoms with E-state index >= 15 is 0 Å². The van der Waals surface area contributed by atoms with E-state index in [0.717, 1.165) is 43.2 Å². The van der Waals surface area contributed by atoms with Crippen LogP contribution in [0, 0.1) is 17.3 Å². The largest absolute Gasteiger partial charge is 0.497 e. The first-order valence-electron chi connectivity index (χ1n) is 22.3. The SMILES string of the molecule is CCCCc1ccc(-c2ccc(NC(=O)N[C@@H](CCCCN)C(=O)N[C@H](C(=O)N[C@@H](N)C(=O)N[C@@H](CC(N)=O)C(=O)N[C@@H](N)B3OC4C[C@@H]5C[C@@H](C5(C)C)[C@]4(C)O3)C(C)O)cc2)cc1. The Morgan fingerprint density at radius 3 is 2.05 bits per heavy atom. The molecule has 350 valence electrons. The van der Waals surface area contributed by atoms with Gasteiger partial charge in [0.1, 0.15) is 24.2 Å². The molecule has 7 amide bonds. The summed E-state index contributed by atoms with van der Waals surface area (Å²) in [5.74, 6) is -4.06. The van der Waals surface area contributed by atoms with Gasteiger partial charge in [-0.3, -0.25) is 24.0 Å². The van der Waals surface area contributed by atoms with E-state index in [1.165, 1.54) is 12.5 Å². The molecule has 0 spiro atoms. The number of nitrogens with two attached hydrogens (primary N) is 4. The number of rotatable bonds is 22. The number of amides is 7. The van der Waals surface area contributed by atoms with E-state index in [1.54, 1.807) is 12.1 Å². The van der Waals surface area contributed by atoms with Gasteiger partial charge in [-0.2, -0.15) is 0 Å². The quantitative estimate of drug-likeness (QED) is 0.0440. The van der Waals surface area contributed by atoms with E-state index in [9.17, 15) is 33.9 Å². The van der Waals surface area contributed by atoms with Crippen molar-refractivity contribution in [3.63, 3.8) is 0 Å². The van der Waals surface area contributed by atoms with Gasteiger partial charge >= 0.3 is 13.1 Å². The molecule has 15 N–H and O–H groups in total. The molecule has 2 aromatic rings. The normalized spacial score (nSPS) is 23.4. The van der Waals surface area contributed by atoms with E-state index in [0.29, 0.717) is 31.0 Å². The van der Waals surface area contributed by atoms with Crippen LogP contribution in [0.3, 0.4) is 0 Å². The maximum Gasteiger partial charge on any atom is 0.497 e. The number of aliphatic hydroxyl groups is 1. The number of aryl methyl sites for hydroxylation is 1. The number of aliphatic hydroxyl groups excluding tert-OH is 1. The summed E-state index contributed by atoms with van der Waals surface area (Å²) in [7, 11) is -1.00. The minimum Gasteiger partial charge on any atom is -0.403 e. The molecule has 4 fully saturated rings. The second-order valence-corrected chi connectivity index (χ2v) is 18.1. The average molecular weight is 891 g/mol. The van der Waals surface area contributed by atoms with Crippen molar-refractivity contribution in [2.75, 3.05) is 11.9 Å². The van der Waals surface area contributed by atoms with Crippen LogP contribution in [0.4, 0.5) is 10.5 Å². The molecule has 6 rings (SSSR count). The van der Waals surface area contributed by atoms with Crippen LogP contribution in [0.25, 0.3) is 11.1 Å². The van der Waals surface area contributed by atoms with Crippen molar-refractivity contribution in [3.05, 3.63) is 54.1 Å². The Kier molecular flexibility index (Phi) is 16.9. The summed E-state index contributed by atoms with van der Waals surface area (Å²) in [6.07, 6.45) is 2.00. The second kappa shape index (κ2) is 21.7. The van der Waals surface area contributed by atoms with Crippen LogP contribution in [0.5, 0.6) is 0 Å². The van der Waals surface area contributed by atoms with Crippen LogP contribution in [0.2, 0.25) is 0 Å². The minimum absolute atomic E-state index is 0.0709. The lowest BCUT2D eigenvalue weighted by Crippen LogP contribution is -2.65. The summed E-state index contributed by atoms with van der Waals surface area (Å²) >= 11 is 0. The molecule has 3 saturated carbocycles. The van der Waals surface area contributed by atoms with Gasteiger partial charge in [-0.15, -0.1) is 0 Å². The fourth-order valence-electron chi connectivity index (χ4n) is 9.10. The number of urea groups is 1. The lowest BCUT2D eigenvalue weighted by molar-refractivity contribution is -0.199. The molecule has 10 atom stereocenters. The van der Waals surface area contributed by atoms with Gasteiger partial charge in [0.05, 0.1) is 24.2 Å². The predicted octanol–water partition coefficient (Wildman–Crippen LogP) is 0.611. The average Bonchev–Trinajstić information content (AvgIpc) is 3.62. The molecule has 0 radical (unpaired) electrons. The Bertz CT molecular complexity index is 1970. The van der Waals surface area contributed by atoms with Crippen LogP contribution in [-0.2, 0) is 39.7 Å². The van der Waals surface area contributed by atoms with Crippen LogP contribution in [0.1, 0.15) is 91.5 Å². The van der Waals surface area contributed by atoms with Gasteiger partial charge in [-0.1, -0.05) is 63.6 Å². The fourth-order valence-corrected chi connectivity index (χ4v) is 9.10. The van der Waals surface area contributed by atoms with Crippen LogP contribution in [-0.4, -0.2) is 103 Å². The maximum atomic E-state index is 13.6. The topological polar surface area (TPSA) is 317 Å². The minimum atomic E-state index is -1.83. The standard InChI is InChI=1S/C44H67BN10O9/c1-6-7-10-25-12-14-26(15-13-25)27-16-18-29(19-17-27)50-42(62)52-30(11-8-9-20-46)37(58)53-35(24(2)56)39(60)54-36(48)40(61)51-31(23-34(47)57)38(59)55-41(49)45-63-33-22-28-21-32(43(28,3)4)44(33,5)64-45/h12-19,24,28,30-33,35-36,41,56H,6-11,20-23,46,48-49H2,1-5H3,(H2,47,57)(H,51,61)(H,53,58)(H,54,60)(H,55,59)(H2,50,52,62)/t24?,28-,30-,31-,32-,33?,35-,36+,41+,44-/m0/s1. The van der Waals surface area contributed by atoms with Gasteiger partial charge in [0.2, 0.25) is 23.6 Å². The van der Waals surface area contributed by atoms with Crippen LogP contribution >= 0.6 is 0 Å². The molecule has 1 saturated heterocycles. The Hall–Kier alpha value is -5.12. The number of unbranched alkanes of at least 4 members (excludes halogenated alkanes) is 2. The number of primary amides is 1. The van der Waals surface area contributed by atoms with E-state index < -0.39 is 91.2 Å². The monoisotopic (exact) mass is 891 g/mol. The highest BCUT2D eigenvalue weighted by atomic mass is 16.7. The molecule has 0 aromatic heterocycles. The van der Waals surface area contributed by atoms with Gasteiger partial charge in [0.25, 0.3) is 5.91 Å². The first-order valence-corrected chi connectivity index (χ1v) is 22.3. The molecule has 2 aromatic carbocycles. The van der Waals surface area contributed by atoms with E-state index in [2.05, 4.69) is 76.9 Å². The first kappa shape index (κ1) is 49.9. The van der Waals surface area contributed by atoms with Crippen molar-refractivity contribution in [1.82, 2.24) is 26.6 Å². The van der Waals surface area contributed by atoms with E-state index in [-0.39, 0.29) is 23.9 Å². The summed E-state index contributed by atoms with van der Waals surface area (Å²) in [6, 6.07) is 9.32. The summed E-state index contributed by atoms with van der Waals surface area (Å²) in [4.78, 5) is 78.7. The number of carbonyl (C=O) groups excluding carboxylic acids is 6. The van der Waals surface area contributed by atoms with Crippen molar-refractivity contribution in [1.29, 1.82) is 0 Å². The van der Waals surface area contributed by atoms with Gasteiger partial charge < -0.3 is 69.3 Å². The molecule has 19 nitrogen and oxygen atoms in total. The molecular weight excluding hydrogens is 823 g/mol. The molecule has 4 aliphatic rings. The zero-order valence-electron chi connectivity index (χ0n) is 37.5. The molecule has 1 heterocycles. The lowest BCUT2D eigenvalue weighted by atomic mass is 9.43. The summed E-state index contributed by atoms with van der Waals surface area (Å²) in [5, 5.41) is 25.4. The van der Waals surface area contributed by atoms with Crippen molar-refractivity contribution < 1.29 is 43.2 Å². The Morgan fingerprint density at radius 2 is 1.45 bits per heavy atom. The van der Waals surface area contributed by atoms with Gasteiger partial charge in [0, 0.05) is 5.69 Å². The summed E-state index contributed by atoms with van der Waals surface area (Å²) in [6.45, 7) is 10.1. The Balaban J connectivity index is 1.14. The zero-order chi connectivity index (χ0) is 46.9. The third-order valence-corrected chi connectivity index (χ3v) is 13.1. The lowest BCUT2D eigenvalue weighted by Gasteiger charge is -2.64. The predicted molar refractivity (Wildman–Crippen MR) is 241 cm³/mol. The van der Waals surface area contributed by atoms with Crippen molar-refractivity contribution in [2.45, 2.75) is 141 Å². The molecule has 20 heteroatoms. The second-order valence-electron chi connectivity index (χ2n) is 18.1. The molecular formula is C44H67BN10O9. The number of benzene rings is 2. The molecule has 2 unspecified atom stereocenters. The molecule has 64 heavy (non-hydrogen) atoms. The van der Waals surface area contributed by atoms with Crippen LogP contribution in [0.15, 0.2) is 48.5 Å². The highest BCUT2D eigenvalue weighted by molar-refractivity contribution is 6.47. The first-order chi connectivity index (χ1) is 30.3. The Labute approximate surface area is 375 Å². The third-order valence-electron chi connectivity index (χ3n) is 13.1. The van der Waals surface area contributed by atoms with E-state index in [1.807, 2.05) is 19.1 Å². The maximum absolute atomic E-state index is 13.6. The zero-order valence-corrected chi connectivity index (χ0v) is 37.5. The van der Waals surface area contributed by atoms with Crippen molar-refractivity contribution >= 4 is 48.4 Å². The number of hydrogen-bond donors (Lipinski definition) is 11. The van der Waals surface area contributed by atoms with Gasteiger partial charge in [-0.05, 0) is 111 Å². The summed E-state index contributed by atoms with van der Waals surface area (Å²) < 4.78 is 12.5. The molecule has 3 aliphatic carbocycles. The van der Waals surface area contributed by atoms with Crippen LogP contribution < -0.4 is 54.8 Å². The van der Waals surface area contributed by atoms with Gasteiger partial charge in [-0.25, -0.2) is 4.79 Å².